The highest BCUT2D eigenvalue weighted by molar-refractivity contribution is 7.99. The molecule has 0 saturated carbocycles. The zero-order valence-corrected chi connectivity index (χ0v) is 15.5. The first-order chi connectivity index (χ1) is 12.7. The van der Waals surface area contributed by atoms with E-state index in [4.69, 9.17) is 0 Å². The lowest BCUT2D eigenvalue weighted by Gasteiger charge is -2.11. The van der Waals surface area contributed by atoms with Gasteiger partial charge in [0.25, 0.3) is 0 Å². The average molecular weight is 397 g/mol. The fourth-order valence-corrected chi connectivity index (χ4v) is 2.69. The zero-order chi connectivity index (χ0) is 20.0. The lowest BCUT2D eigenvalue weighted by atomic mass is 10.1. The van der Waals surface area contributed by atoms with Gasteiger partial charge in [0, 0.05) is 24.0 Å². The highest BCUT2D eigenvalue weighted by atomic mass is 32.2. The van der Waals surface area contributed by atoms with Crippen LogP contribution in [0.4, 0.5) is 24.5 Å². The Balaban J connectivity index is 1.95. The number of halogens is 3. The number of nitrogens with zero attached hydrogens (tertiary/aromatic N) is 1. The van der Waals surface area contributed by atoms with Crippen LogP contribution >= 0.6 is 11.8 Å². The fourth-order valence-electron chi connectivity index (χ4n) is 2.04. The molecule has 0 aliphatic carbocycles. The van der Waals surface area contributed by atoms with Gasteiger partial charge in [0.15, 0.2) is 0 Å². The maximum atomic E-state index is 12.5. The van der Waals surface area contributed by atoms with Crippen molar-refractivity contribution in [3.05, 3.63) is 47.7 Å². The minimum Gasteiger partial charge on any atom is -0.326 e. The van der Waals surface area contributed by atoms with Crippen LogP contribution in [-0.2, 0) is 15.8 Å². The molecule has 2 N–H and O–H groups in total. The number of rotatable bonds is 6. The minimum atomic E-state index is -4.44. The monoisotopic (exact) mass is 397 g/mol. The molecule has 9 heteroatoms. The van der Waals surface area contributed by atoms with Gasteiger partial charge in [0.2, 0.25) is 11.8 Å². The van der Waals surface area contributed by atoms with Crippen LogP contribution in [0.1, 0.15) is 24.5 Å². The molecule has 1 aromatic carbocycles. The maximum Gasteiger partial charge on any atom is 0.417 e. The molecule has 0 bridgehead atoms. The number of anilines is 2. The van der Waals surface area contributed by atoms with Crippen LogP contribution in [0, 0.1) is 6.92 Å². The van der Waals surface area contributed by atoms with Crippen molar-refractivity contribution in [2.75, 3.05) is 16.4 Å². The predicted molar refractivity (Wildman–Crippen MR) is 98.7 cm³/mol. The number of aromatic nitrogens is 1. The third kappa shape index (κ3) is 6.28. The Labute approximate surface area is 158 Å². The van der Waals surface area contributed by atoms with Crippen LogP contribution in [-0.4, -0.2) is 22.6 Å². The van der Waals surface area contributed by atoms with Gasteiger partial charge in [-0.1, -0.05) is 24.8 Å². The Kier molecular flexibility index (Phi) is 6.84. The SMILES string of the molecule is CCC(=O)Nc1ccc(C)c(NC(=O)CSc2ccc(C(F)(F)F)cn2)c1. The molecule has 0 atom stereocenters. The van der Waals surface area contributed by atoms with Gasteiger partial charge in [0.1, 0.15) is 0 Å². The lowest BCUT2D eigenvalue weighted by Crippen LogP contribution is -2.16. The third-order valence-electron chi connectivity index (χ3n) is 3.53. The number of amides is 2. The molecule has 0 fully saturated rings. The summed E-state index contributed by atoms with van der Waals surface area (Å²) in [6.45, 7) is 3.55. The van der Waals surface area contributed by atoms with Crippen LogP contribution < -0.4 is 10.6 Å². The number of benzene rings is 1. The van der Waals surface area contributed by atoms with Crippen LogP contribution in [0.15, 0.2) is 41.6 Å². The minimum absolute atomic E-state index is 0.0106. The van der Waals surface area contributed by atoms with Crippen LogP contribution in [0.3, 0.4) is 0 Å². The standard InChI is InChI=1S/C18H18F3N3O2S/c1-3-15(25)23-13-6-4-11(2)14(8-13)24-16(26)10-27-17-7-5-12(9-22-17)18(19,20)21/h4-9H,3,10H2,1-2H3,(H,23,25)(H,24,26). The van der Waals surface area contributed by atoms with Crippen molar-refractivity contribution in [3.8, 4) is 0 Å². The Morgan fingerprint density at radius 1 is 1.11 bits per heavy atom. The Bertz CT molecular complexity index is 824. The molecule has 2 rings (SSSR count). The van der Waals surface area contributed by atoms with Gasteiger partial charge in [-0.25, -0.2) is 4.98 Å². The maximum absolute atomic E-state index is 12.5. The zero-order valence-electron chi connectivity index (χ0n) is 14.7. The van der Waals surface area contributed by atoms with Crippen LogP contribution in [0.25, 0.3) is 0 Å². The van der Waals surface area contributed by atoms with Crippen molar-refractivity contribution in [1.29, 1.82) is 0 Å². The van der Waals surface area contributed by atoms with E-state index in [1.807, 2.05) is 6.92 Å². The van der Waals surface area contributed by atoms with E-state index in [0.717, 1.165) is 29.6 Å². The first-order valence-electron chi connectivity index (χ1n) is 8.05. The van der Waals surface area contributed by atoms with E-state index >= 15 is 0 Å². The second-order valence-corrected chi connectivity index (χ2v) is 6.65. The summed E-state index contributed by atoms with van der Waals surface area (Å²) in [6.07, 6.45) is -3.36. The molecule has 0 aliphatic rings. The van der Waals surface area contributed by atoms with Crippen molar-refractivity contribution in [2.45, 2.75) is 31.5 Å². The number of carbonyl (C=O) groups excluding carboxylic acids is 2. The fraction of sp³-hybridized carbons (Fsp3) is 0.278. The first kappa shape index (κ1) is 20.8. The molecule has 0 aliphatic heterocycles. The van der Waals surface area contributed by atoms with Crippen molar-refractivity contribution >= 4 is 35.0 Å². The van der Waals surface area contributed by atoms with Crippen LogP contribution in [0.2, 0.25) is 0 Å². The van der Waals surface area contributed by atoms with Gasteiger partial charge in [-0.3, -0.25) is 9.59 Å². The summed E-state index contributed by atoms with van der Waals surface area (Å²) in [5.41, 5.74) is 1.10. The van der Waals surface area contributed by atoms with Crippen molar-refractivity contribution in [1.82, 2.24) is 4.98 Å². The van der Waals surface area contributed by atoms with Gasteiger partial charge >= 0.3 is 6.18 Å². The van der Waals surface area contributed by atoms with E-state index in [9.17, 15) is 22.8 Å². The first-order valence-corrected chi connectivity index (χ1v) is 9.04. The third-order valence-corrected chi connectivity index (χ3v) is 4.48. The number of thioether (sulfide) groups is 1. The number of hydrogen-bond donors (Lipinski definition) is 2. The predicted octanol–water partition coefficient (Wildman–Crippen LogP) is 4.49. The van der Waals surface area contributed by atoms with Gasteiger partial charge < -0.3 is 10.6 Å². The molecule has 0 radical (unpaired) electrons. The second kappa shape index (κ2) is 8.90. The van der Waals surface area contributed by atoms with Gasteiger partial charge in [-0.2, -0.15) is 13.2 Å². The summed E-state index contributed by atoms with van der Waals surface area (Å²) < 4.78 is 37.5. The quantitative estimate of drug-likeness (QED) is 0.705. The molecule has 5 nitrogen and oxygen atoms in total. The number of alkyl halides is 3. The summed E-state index contributed by atoms with van der Waals surface area (Å²) in [5.74, 6) is -0.479. The van der Waals surface area contributed by atoms with Gasteiger partial charge in [0.05, 0.1) is 16.3 Å². The van der Waals surface area contributed by atoms with E-state index in [2.05, 4.69) is 15.6 Å². The second-order valence-electron chi connectivity index (χ2n) is 5.65. The van der Waals surface area contributed by atoms with Crippen LogP contribution in [0.5, 0.6) is 0 Å². The largest absolute Gasteiger partial charge is 0.417 e. The summed E-state index contributed by atoms with van der Waals surface area (Å²) in [5, 5.41) is 5.76. The Hall–Kier alpha value is -2.55. The number of hydrogen-bond acceptors (Lipinski definition) is 4. The molecule has 0 unspecified atom stereocenters. The molecular weight excluding hydrogens is 379 g/mol. The van der Waals surface area contributed by atoms with E-state index in [0.29, 0.717) is 22.8 Å². The van der Waals surface area contributed by atoms with Gasteiger partial charge in [-0.15, -0.1) is 0 Å². The molecule has 0 saturated heterocycles. The van der Waals surface area contributed by atoms with Crippen molar-refractivity contribution in [2.24, 2.45) is 0 Å². The average Bonchev–Trinajstić information content (AvgIpc) is 2.62. The smallest absolute Gasteiger partial charge is 0.326 e. The summed E-state index contributed by atoms with van der Waals surface area (Å²) in [4.78, 5) is 27.3. The van der Waals surface area contributed by atoms with Crippen molar-refractivity contribution in [3.63, 3.8) is 0 Å². The summed E-state index contributed by atoms with van der Waals surface area (Å²) in [6, 6.07) is 7.32. The number of carbonyl (C=O) groups is 2. The molecule has 1 aromatic heterocycles. The normalized spacial score (nSPS) is 11.1. The molecular formula is C18H18F3N3O2S. The van der Waals surface area contributed by atoms with E-state index in [1.54, 1.807) is 25.1 Å². The Morgan fingerprint density at radius 2 is 1.85 bits per heavy atom. The molecule has 2 amide bonds. The molecule has 27 heavy (non-hydrogen) atoms. The Morgan fingerprint density at radius 3 is 2.44 bits per heavy atom. The highest BCUT2D eigenvalue weighted by Gasteiger charge is 2.30. The molecule has 2 aromatic rings. The lowest BCUT2D eigenvalue weighted by molar-refractivity contribution is -0.137. The molecule has 144 valence electrons. The van der Waals surface area contributed by atoms with E-state index in [1.165, 1.54) is 6.07 Å². The number of aryl methyl sites for hydroxylation is 1. The summed E-state index contributed by atoms with van der Waals surface area (Å²) >= 11 is 1.03. The van der Waals surface area contributed by atoms with E-state index < -0.39 is 11.7 Å². The topological polar surface area (TPSA) is 71.1 Å². The van der Waals surface area contributed by atoms with E-state index in [-0.39, 0.29) is 17.6 Å². The number of nitrogens with one attached hydrogen (secondary N) is 2. The van der Waals surface area contributed by atoms with Gasteiger partial charge in [-0.05, 0) is 36.8 Å². The number of pyridine rings is 1. The summed E-state index contributed by atoms with van der Waals surface area (Å²) in [7, 11) is 0. The molecule has 0 spiro atoms. The van der Waals surface area contributed by atoms with Crippen molar-refractivity contribution < 1.29 is 22.8 Å². The molecule has 1 heterocycles. The highest BCUT2D eigenvalue weighted by Crippen LogP contribution is 2.29.